The second-order valence-electron chi connectivity index (χ2n) is 6.13. The Morgan fingerprint density at radius 2 is 1.88 bits per heavy atom. The van der Waals surface area contributed by atoms with Gasteiger partial charge in [0.25, 0.3) is 0 Å². The van der Waals surface area contributed by atoms with Gasteiger partial charge in [-0.1, -0.05) is 30.3 Å². The maximum absolute atomic E-state index is 12.4. The van der Waals surface area contributed by atoms with E-state index in [-0.39, 0.29) is 11.9 Å². The molecule has 132 valence electrons. The molecule has 1 atom stereocenters. The van der Waals surface area contributed by atoms with Crippen molar-refractivity contribution in [2.24, 2.45) is 0 Å². The molecule has 2 N–H and O–H groups in total. The van der Waals surface area contributed by atoms with E-state index in [1.165, 1.54) is 5.56 Å². The first-order valence-electron chi connectivity index (χ1n) is 8.50. The summed E-state index contributed by atoms with van der Waals surface area (Å²) in [5.41, 5.74) is 3.41. The zero-order valence-corrected chi connectivity index (χ0v) is 14.7. The van der Waals surface area contributed by atoms with Crippen molar-refractivity contribution in [3.8, 4) is 11.5 Å². The van der Waals surface area contributed by atoms with Gasteiger partial charge in [-0.15, -0.1) is 0 Å². The molecule has 0 bridgehead atoms. The number of methoxy groups -OCH3 is 2. The van der Waals surface area contributed by atoms with Gasteiger partial charge in [-0.25, -0.2) is 0 Å². The topological polar surface area (TPSA) is 59.6 Å². The van der Waals surface area contributed by atoms with E-state index in [1.54, 1.807) is 14.2 Å². The molecule has 0 radical (unpaired) electrons. The molecule has 0 saturated carbocycles. The molecule has 1 amide bonds. The Kier molecular flexibility index (Phi) is 5.56. The fourth-order valence-electron chi connectivity index (χ4n) is 3.20. The number of ether oxygens (including phenoxy) is 2. The van der Waals surface area contributed by atoms with Crippen molar-refractivity contribution in [3.63, 3.8) is 0 Å². The van der Waals surface area contributed by atoms with E-state index in [1.807, 2.05) is 42.5 Å². The maximum Gasteiger partial charge on any atom is 0.222 e. The van der Waals surface area contributed by atoms with Crippen LogP contribution in [0.4, 0.5) is 0 Å². The molecule has 3 rings (SSSR count). The van der Waals surface area contributed by atoms with Gasteiger partial charge in [0.2, 0.25) is 5.91 Å². The Hall–Kier alpha value is -2.53. The number of carbonyl (C=O) groups is 1. The third-order valence-corrected chi connectivity index (χ3v) is 4.53. The molecular formula is C20H24N2O3. The average molecular weight is 340 g/mol. The van der Waals surface area contributed by atoms with Crippen LogP contribution in [0.3, 0.4) is 0 Å². The van der Waals surface area contributed by atoms with Crippen LogP contribution in [0, 0.1) is 0 Å². The number of fused-ring (bicyclic) bond motifs is 1. The molecule has 0 aliphatic carbocycles. The summed E-state index contributed by atoms with van der Waals surface area (Å²) in [6.07, 6.45) is 1.31. The lowest BCUT2D eigenvalue weighted by atomic mass is 9.91. The van der Waals surface area contributed by atoms with Crippen LogP contribution >= 0.6 is 0 Å². The van der Waals surface area contributed by atoms with Crippen LogP contribution in [0.5, 0.6) is 11.5 Å². The van der Waals surface area contributed by atoms with Gasteiger partial charge in [0, 0.05) is 19.0 Å². The van der Waals surface area contributed by atoms with Crippen molar-refractivity contribution in [3.05, 3.63) is 59.2 Å². The van der Waals surface area contributed by atoms with Crippen molar-refractivity contribution in [1.82, 2.24) is 10.6 Å². The van der Waals surface area contributed by atoms with Crippen LogP contribution in [0.25, 0.3) is 0 Å². The molecule has 2 aromatic rings. The Morgan fingerprint density at radius 1 is 1.16 bits per heavy atom. The molecule has 0 unspecified atom stereocenters. The number of carbonyl (C=O) groups excluding carboxylic acids is 1. The second-order valence-corrected chi connectivity index (χ2v) is 6.13. The first-order valence-corrected chi connectivity index (χ1v) is 8.50. The predicted octanol–water partition coefficient (Wildman–Crippen LogP) is 2.60. The Bertz CT molecular complexity index is 731. The predicted molar refractivity (Wildman–Crippen MR) is 96.9 cm³/mol. The monoisotopic (exact) mass is 340 g/mol. The van der Waals surface area contributed by atoms with Crippen LogP contribution in [0.2, 0.25) is 0 Å². The SMILES string of the molecule is COc1cc2c(cc1OC)[C@H](CC(=O)NCc1ccccc1)NCC2. The van der Waals surface area contributed by atoms with Crippen LogP contribution < -0.4 is 20.1 Å². The number of nitrogens with one attached hydrogen (secondary N) is 2. The molecule has 0 aromatic heterocycles. The normalized spacial score (nSPS) is 16.0. The lowest BCUT2D eigenvalue weighted by molar-refractivity contribution is -0.121. The van der Waals surface area contributed by atoms with Crippen LogP contribution in [0.1, 0.15) is 29.2 Å². The quantitative estimate of drug-likeness (QED) is 0.849. The summed E-state index contributed by atoms with van der Waals surface area (Å²) in [6.45, 7) is 1.39. The van der Waals surface area contributed by atoms with Gasteiger partial charge in [0.1, 0.15) is 0 Å². The fraction of sp³-hybridized carbons (Fsp3) is 0.350. The highest BCUT2D eigenvalue weighted by Crippen LogP contribution is 2.36. The Labute approximate surface area is 148 Å². The number of hydrogen-bond donors (Lipinski definition) is 2. The van der Waals surface area contributed by atoms with E-state index in [4.69, 9.17) is 9.47 Å². The molecule has 5 nitrogen and oxygen atoms in total. The van der Waals surface area contributed by atoms with E-state index < -0.39 is 0 Å². The Morgan fingerprint density at radius 3 is 2.60 bits per heavy atom. The highest BCUT2D eigenvalue weighted by Gasteiger charge is 2.24. The summed E-state index contributed by atoms with van der Waals surface area (Å²) in [6, 6.07) is 13.9. The summed E-state index contributed by atoms with van der Waals surface area (Å²) < 4.78 is 10.8. The number of rotatable bonds is 6. The van der Waals surface area contributed by atoms with E-state index in [0.29, 0.717) is 18.7 Å². The van der Waals surface area contributed by atoms with Gasteiger partial charge in [0.05, 0.1) is 14.2 Å². The molecule has 1 aliphatic rings. The summed E-state index contributed by atoms with van der Waals surface area (Å²) in [4.78, 5) is 12.4. The number of hydrogen-bond acceptors (Lipinski definition) is 4. The van der Waals surface area contributed by atoms with Gasteiger partial charge < -0.3 is 20.1 Å². The van der Waals surface area contributed by atoms with Crippen LogP contribution in [0.15, 0.2) is 42.5 Å². The lowest BCUT2D eigenvalue weighted by Crippen LogP contribution is -2.34. The summed E-state index contributed by atoms with van der Waals surface area (Å²) >= 11 is 0. The first kappa shape index (κ1) is 17.3. The minimum atomic E-state index is -0.0145. The Balaban J connectivity index is 1.69. The highest BCUT2D eigenvalue weighted by atomic mass is 16.5. The summed E-state index contributed by atoms with van der Waals surface area (Å²) in [5.74, 6) is 1.46. The van der Waals surface area contributed by atoms with Crippen molar-refractivity contribution in [2.75, 3.05) is 20.8 Å². The van der Waals surface area contributed by atoms with Crippen molar-refractivity contribution in [2.45, 2.75) is 25.4 Å². The molecule has 0 saturated heterocycles. The standard InChI is InChI=1S/C20H24N2O3/c1-24-18-10-15-8-9-21-17(16(15)11-19(18)25-2)12-20(23)22-13-14-6-4-3-5-7-14/h3-7,10-11,17,21H,8-9,12-13H2,1-2H3,(H,22,23)/t17-/m0/s1. The van der Waals surface area contributed by atoms with E-state index in [2.05, 4.69) is 10.6 Å². The van der Waals surface area contributed by atoms with Crippen molar-refractivity contribution < 1.29 is 14.3 Å². The molecule has 2 aromatic carbocycles. The van der Waals surface area contributed by atoms with Crippen LogP contribution in [-0.4, -0.2) is 26.7 Å². The average Bonchev–Trinajstić information content (AvgIpc) is 2.66. The summed E-state index contributed by atoms with van der Waals surface area (Å²) in [5, 5.41) is 6.43. The molecule has 1 heterocycles. The van der Waals surface area contributed by atoms with Crippen molar-refractivity contribution in [1.29, 1.82) is 0 Å². The smallest absolute Gasteiger partial charge is 0.222 e. The number of benzene rings is 2. The maximum atomic E-state index is 12.4. The first-order chi connectivity index (χ1) is 12.2. The van der Waals surface area contributed by atoms with Crippen molar-refractivity contribution >= 4 is 5.91 Å². The molecule has 5 heteroatoms. The second kappa shape index (κ2) is 8.03. The molecule has 0 spiro atoms. The molecular weight excluding hydrogens is 316 g/mol. The van der Waals surface area contributed by atoms with Gasteiger partial charge in [-0.3, -0.25) is 4.79 Å². The van der Waals surface area contributed by atoms with Gasteiger partial charge >= 0.3 is 0 Å². The molecule has 0 fully saturated rings. The zero-order chi connectivity index (χ0) is 17.6. The van der Waals surface area contributed by atoms with Crippen LogP contribution in [-0.2, 0) is 17.8 Å². The third-order valence-electron chi connectivity index (χ3n) is 4.53. The summed E-state index contributed by atoms with van der Waals surface area (Å²) in [7, 11) is 3.27. The van der Waals surface area contributed by atoms with Gasteiger partial charge in [-0.2, -0.15) is 0 Å². The largest absolute Gasteiger partial charge is 0.493 e. The number of amides is 1. The van der Waals surface area contributed by atoms with E-state index in [0.717, 1.165) is 29.8 Å². The lowest BCUT2D eigenvalue weighted by Gasteiger charge is -2.27. The minimum Gasteiger partial charge on any atom is -0.493 e. The zero-order valence-electron chi connectivity index (χ0n) is 14.7. The minimum absolute atomic E-state index is 0.0145. The van der Waals surface area contributed by atoms with E-state index >= 15 is 0 Å². The fourth-order valence-corrected chi connectivity index (χ4v) is 3.20. The molecule has 1 aliphatic heterocycles. The van der Waals surface area contributed by atoms with E-state index in [9.17, 15) is 4.79 Å². The third kappa shape index (κ3) is 4.12. The van der Waals surface area contributed by atoms with Gasteiger partial charge in [-0.05, 0) is 41.8 Å². The van der Waals surface area contributed by atoms with Gasteiger partial charge in [0.15, 0.2) is 11.5 Å². The molecule has 25 heavy (non-hydrogen) atoms. The highest BCUT2D eigenvalue weighted by molar-refractivity contribution is 5.77.